The van der Waals surface area contributed by atoms with E-state index in [1.54, 1.807) is 16.7 Å². The molecule has 0 aromatic heterocycles. The van der Waals surface area contributed by atoms with Crippen molar-refractivity contribution in [1.82, 2.24) is 0 Å². The zero-order valence-electron chi connectivity index (χ0n) is 26.0. The molecular weight excluding hydrogens is 444 g/mol. The van der Waals surface area contributed by atoms with Crippen LogP contribution in [0.3, 0.4) is 0 Å². The first-order chi connectivity index (χ1) is 18.1. The quantitative estimate of drug-likeness (QED) is 0.0858. The molecule has 0 saturated heterocycles. The Morgan fingerprint density at radius 1 is 0.622 bits per heavy atom. The van der Waals surface area contributed by atoms with E-state index in [1.165, 1.54) is 160 Å². The number of hydrogen-bond acceptors (Lipinski definition) is 0. The van der Waals surface area contributed by atoms with Gasteiger partial charge >= 0.3 is 0 Å². The van der Waals surface area contributed by atoms with Gasteiger partial charge in [-0.1, -0.05) is 172 Å². The highest BCUT2D eigenvalue weighted by molar-refractivity contribution is 5.31. The predicted molar refractivity (Wildman–Crippen MR) is 170 cm³/mol. The minimum absolute atomic E-state index is 0.902. The molecule has 0 amide bonds. The molecule has 0 bridgehead atoms. The van der Waals surface area contributed by atoms with Crippen molar-refractivity contribution in [2.75, 3.05) is 0 Å². The highest BCUT2D eigenvalue weighted by atomic mass is 14.2. The van der Waals surface area contributed by atoms with Gasteiger partial charge in [-0.15, -0.1) is 0 Å². The first-order valence-electron chi connectivity index (χ1n) is 16.9. The Balaban J connectivity index is 2.18. The van der Waals surface area contributed by atoms with Gasteiger partial charge in [-0.2, -0.15) is 0 Å². The number of allylic oxidation sites excluding steroid dienone is 1. The van der Waals surface area contributed by atoms with Crippen LogP contribution in [-0.4, -0.2) is 0 Å². The molecule has 1 aromatic rings. The van der Waals surface area contributed by atoms with Crippen LogP contribution in [-0.2, 0) is 12.8 Å². The zero-order chi connectivity index (χ0) is 27.0. The van der Waals surface area contributed by atoms with Crippen LogP contribution in [0.4, 0.5) is 0 Å². The van der Waals surface area contributed by atoms with Crippen LogP contribution in [0, 0.1) is 12.8 Å². The average Bonchev–Trinajstić information content (AvgIpc) is 2.89. The van der Waals surface area contributed by atoms with Gasteiger partial charge in [-0.05, 0) is 62.5 Å². The fourth-order valence-electron chi connectivity index (χ4n) is 6.01. The summed E-state index contributed by atoms with van der Waals surface area (Å²) in [5, 5.41) is 0. The molecule has 1 rings (SSSR count). The van der Waals surface area contributed by atoms with Crippen molar-refractivity contribution >= 4 is 0 Å². The lowest BCUT2D eigenvalue weighted by Gasteiger charge is -2.19. The second kappa shape index (κ2) is 24.0. The van der Waals surface area contributed by atoms with E-state index in [1.807, 2.05) is 0 Å². The fourth-order valence-corrected chi connectivity index (χ4v) is 6.01. The summed E-state index contributed by atoms with van der Waals surface area (Å²) in [6.07, 6.45) is 33.3. The number of benzene rings is 1. The van der Waals surface area contributed by atoms with Crippen LogP contribution < -0.4 is 0 Å². The Kier molecular flexibility index (Phi) is 22.1. The Bertz CT molecular complexity index is 638. The summed E-state index contributed by atoms with van der Waals surface area (Å²) >= 11 is 0. The van der Waals surface area contributed by atoms with Gasteiger partial charge in [-0.3, -0.25) is 0 Å². The zero-order valence-corrected chi connectivity index (χ0v) is 26.0. The number of rotatable bonds is 26. The molecule has 0 unspecified atom stereocenters. The molecule has 0 spiro atoms. The van der Waals surface area contributed by atoms with Crippen LogP contribution in [0.2, 0.25) is 0 Å². The van der Waals surface area contributed by atoms with Gasteiger partial charge < -0.3 is 0 Å². The van der Waals surface area contributed by atoms with Crippen molar-refractivity contribution in [2.45, 2.75) is 182 Å². The molecule has 0 N–H and O–H groups in total. The van der Waals surface area contributed by atoms with E-state index in [-0.39, 0.29) is 0 Å². The van der Waals surface area contributed by atoms with Crippen LogP contribution in [0.25, 0.3) is 0 Å². The third-order valence-corrected chi connectivity index (χ3v) is 8.48. The van der Waals surface area contributed by atoms with Crippen molar-refractivity contribution in [2.24, 2.45) is 5.92 Å². The molecule has 0 radical (unpaired) electrons. The lowest BCUT2D eigenvalue weighted by Crippen LogP contribution is -2.03. The molecule has 0 fully saturated rings. The summed E-state index contributed by atoms with van der Waals surface area (Å²) in [5.41, 5.74) is 6.09. The van der Waals surface area contributed by atoms with E-state index < -0.39 is 0 Å². The summed E-state index contributed by atoms with van der Waals surface area (Å²) in [5.74, 6) is 0.902. The predicted octanol–water partition coefficient (Wildman–Crippen LogP) is 12.9. The van der Waals surface area contributed by atoms with Crippen molar-refractivity contribution in [1.29, 1.82) is 0 Å². The molecule has 0 saturated carbocycles. The summed E-state index contributed by atoms with van der Waals surface area (Å²) in [4.78, 5) is 0. The van der Waals surface area contributed by atoms with E-state index >= 15 is 0 Å². The SMILES string of the molecule is C=C(CCCCCCCCc1ccc(C)cc1CC)CC(CCCCCCCC)CCCCCCCC. The molecule has 0 aliphatic rings. The standard InChI is InChI=1S/C37H66/c1-6-9-11-13-18-22-26-35(27-23-19-14-12-10-7-2)31-33(4)25-21-17-15-16-20-24-28-37-30-29-34(5)32-36(37)8-3/h29-30,32,35H,4,6-28,31H2,1-3,5H3. The van der Waals surface area contributed by atoms with E-state index in [2.05, 4.69) is 52.5 Å². The molecular formula is C37H66. The maximum absolute atomic E-state index is 4.54. The van der Waals surface area contributed by atoms with Gasteiger partial charge in [0.05, 0.1) is 0 Å². The molecule has 214 valence electrons. The summed E-state index contributed by atoms with van der Waals surface area (Å²) in [7, 11) is 0. The average molecular weight is 511 g/mol. The summed E-state index contributed by atoms with van der Waals surface area (Å²) in [6, 6.07) is 7.03. The lowest BCUT2D eigenvalue weighted by molar-refractivity contribution is 0.396. The highest BCUT2D eigenvalue weighted by Gasteiger charge is 2.11. The van der Waals surface area contributed by atoms with Crippen LogP contribution in [0.15, 0.2) is 30.4 Å². The van der Waals surface area contributed by atoms with E-state index in [0.29, 0.717) is 0 Å². The minimum Gasteiger partial charge on any atom is -0.0999 e. The summed E-state index contributed by atoms with van der Waals surface area (Å²) in [6.45, 7) is 13.7. The largest absolute Gasteiger partial charge is 0.0999 e. The van der Waals surface area contributed by atoms with E-state index in [0.717, 1.165) is 5.92 Å². The Morgan fingerprint density at radius 2 is 1.14 bits per heavy atom. The molecule has 0 atom stereocenters. The number of aryl methyl sites for hydroxylation is 3. The van der Waals surface area contributed by atoms with E-state index in [9.17, 15) is 0 Å². The van der Waals surface area contributed by atoms with Gasteiger partial charge in [0.1, 0.15) is 0 Å². The maximum atomic E-state index is 4.54. The van der Waals surface area contributed by atoms with Gasteiger partial charge in [0.25, 0.3) is 0 Å². The minimum atomic E-state index is 0.902. The third kappa shape index (κ3) is 18.8. The monoisotopic (exact) mass is 511 g/mol. The van der Waals surface area contributed by atoms with Gasteiger partial charge in [-0.25, -0.2) is 0 Å². The molecule has 0 aliphatic carbocycles. The van der Waals surface area contributed by atoms with Crippen LogP contribution in [0.1, 0.15) is 179 Å². The van der Waals surface area contributed by atoms with Crippen molar-refractivity contribution in [3.8, 4) is 0 Å². The topological polar surface area (TPSA) is 0 Å². The van der Waals surface area contributed by atoms with Crippen LogP contribution >= 0.6 is 0 Å². The van der Waals surface area contributed by atoms with Crippen molar-refractivity contribution < 1.29 is 0 Å². The molecule has 0 heteroatoms. The Morgan fingerprint density at radius 3 is 1.70 bits per heavy atom. The molecule has 37 heavy (non-hydrogen) atoms. The fraction of sp³-hybridized carbons (Fsp3) is 0.784. The summed E-state index contributed by atoms with van der Waals surface area (Å²) < 4.78 is 0. The van der Waals surface area contributed by atoms with Crippen molar-refractivity contribution in [3.63, 3.8) is 0 Å². The van der Waals surface area contributed by atoms with Gasteiger partial charge in [0, 0.05) is 0 Å². The number of unbranched alkanes of at least 4 members (excludes halogenated alkanes) is 15. The first kappa shape index (κ1) is 34.0. The smallest absolute Gasteiger partial charge is 0.0276 e. The van der Waals surface area contributed by atoms with Gasteiger partial charge in [0.2, 0.25) is 0 Å². The molecule has 1 aromatic carbocycles. The second-order valence-electron chi connectivity index (χ2n) is 12.2. The normalized spacial score (nSPS) is 11.5. The van der Waals surface area contributed by atoms with Crippen LogP contribution in [0.5, 0.6) is 0 Å². The van der Waals surface area contributed by atoms with Gasteiger partial charge in [0.15, 0.2) is 0 Å². The molecule has 0 aliphatic heterocycles. The Labute approximate surface area is 234 Å². The molecule has 0 heterocycles. The lowest BCUT2D eigenvalue weighted by atomic mass is 9.87. The van der Waals surface area contributed by atoms with E-state index in [4.69, 9.17) is 0 Å². The Hall–Kier alpha value is -1.04. The third-order valence-electron chi connectivity index (χ3n) is 8.48. The van der Waals surface area contributed by atoms with Crippen molar-refractivity contribution in [3.05, 3.63) is 47.0 Å². The highest BCUT2D eigenvalue weighted by Crippen LogP contribution is 2.27. The molecule has 0 nitrogen and oxygen atoms in total. The first-order valence-corrected chi connectivity index (χ1v) is 16.9. The number of hydrogen-bond donors (Lipinski definition) is 0. The second-order valence-corrected chi connectivity index (χ2v) is 12.2. The maximum Gasteiger partial charge on any atom is -0.0276 e.